The molecule has 0 aliphatic carbocycles. The number of rotatable bonds is 5. The Morgan fingerprint density at radius 2 is 2.33 bits per heavy atom. The molecule has 0 aromatic carbocycles. The molecule has 0 saturated carbocycles. The Balaban J connectivity index is 4.16. The molecule has 0 fully saturated rings. The van der Waals surface area contributed by atoms with Crippen LogP contribution in [0.4, 0.5) is 0 Å². The second kappa shape index (κ2) is 5.09. The number of ether oxygens (including phenoxy) is 1. The Morgan fingerprint density at radius 3 is 2.67 bits per heavy atom. The van der Waals surface area contributed by atoms with E-state index in [1.54, 1.807) is 14.0 Å². The largest absolute Gasteiger partial charge is 0.395 e. The number of hydrogen-bond acceptors (Lipinski definition) is 4. The highest BCUT2D eigenvalue weighted by atomic mass is 16.5. The molecule has 70 valence electrons. The molecule has 4 nitrogen and oxygen atoms in total. The minimum Gasteiger partial charge on any atom is -0.395 e. The van der Waals surface area contributed by atoms with Gasteiger partial charge in [0.25, 0.3) is 0 Å². The average Bonchev–Trinajstić information content (AvgIpc) is 2.12. The first kappa shape index (κ1) is 11.4. The van der Waals surface area contributed by atoms with Crippen molar-refractivity contribution in [2.45, 2.75) is 25.5 Å². The Hall–Kier alpha value is -0.630. The summed E-state index contributed by atoms with van der Waals surface area (Å²) in [6.07, 6.45) is -0.200. The van der Waals surface area contributed by atoms with Crippen LogP contribution < -0.4 is 5.32 Å². The summed E-state index contributed by atoms with van der Waals surface area (Å²) in [6.45, 7) is 3.98. The van der Waals surface area contributed by atoms with Crippen LogP contribution >= 0.6 is 0 Å². The third kappa shape index (κ3) is 2.78. The topological polar surface area (TPSA) is 65.3 Å². The zero-order chi connectivity index (χ0) is 9.61. The van der Waals surface area contributed by atoms with Gasteiger partial charge in [0.05, 0.1) is 18.8 Å². The lowest BCUT2D eigenvalue weighted by Gasteiger charge is -2.28. The van der Waals surface area contributed by atoms with Crippen LogP contribution in [0.1, 0.15) is 13.8 Å². The molecule has 0 bridgehead atoms. The molecule has 0 aliphatic heterocycles. The van der Waals surface area contributed by atoms with Crippen molar-refractivity contribution < 1.29 is 9.84 Å². The van der Waals surface area contributed by atoms with E-state index in [4.69, 9.17) is 15.1 Å². The standard InChI is InChI=1S/C8H16N2O2/c1-7(12-3)8(2,6-9)10-4-5-11/h7,10-11H,4-5H2,1-3H3. The van der Waals surface area contributed by atoms with Crippen LogP contribution in [0.25, 0.3) is 0 Å². The van der Waals surface area contributed by atoms with Crippen LogP contribution in [0.3, 0.4) is 0 Å². The number of nitrogens with zero attached hydrogens (tertiary/aromatic N) is 1. The van der Waals surface area contributed by atoms with E-state index in [2.05, 4.69) is 11.4 Å². The van der Waals surface area contributed by atoms with Gasteiger partial charge in [0.2, 0.25) is 0 Å². The minimum absolute atomic E-state index is 0.0215. The number of hydrogen-bond donors (Lipinski definition) is 2. The summed E-state index contributed by atoms with van der Waals surface area (Å²) in [7, 11) is 1.56. The molecular weight excluding hydrogens is 156 g/mol. The summed E-state index contributed by atoms with van der Waals surface area (Å²) < 4.78 is 5.04. The number of aliphatic hydroxyl groups is 1. The predicted octanol–water partition coefficient (Wildman–Crippen LogP) is -0.115. The van der Waals surface area contributed by atoms with Crippen molar-refractivity contribution in [1.29, 1.82) is 5.26 Å². The molecule has 12 heavy (non-hydrogen) atoms. The molecule has 2 unspecified atom stereocenters. The monoisotopic (exact) mass is 172 g/mol. The van der Waals surface area contributed by atoms with Crippen molar-refractivity contribution in [3.8, 4) is 6.07 Å². The number of β-amino-alcohol motifs (C(OH)–C–C–N with tert-alkyl or cyclic N) is 1. The lowest BCUT2D eigenvalue weighted by atomic mass is 9.98. The van der Waals surface area contributed by atoms with Crippen LogP contribution in [-0.2, 0) is 4.74 Å². The van der Waals surface area contributed by atoms with Crippen LogP contribution in [0.5, 0.6) is 0 Å². The first-order valence-electron chi connectivity index (χ1n) is 3.90. The van der Waals surface area contributed by atoms with Crippen molar-refractivity contribution in [2.75, 3.05) is 20.3 Å². The van der Waals surface area contributed by atoms with E-state index in [1.807, 2.05) is 6.92 Å². The van der Waals surface area contributed by atoms with Gasteiger partial charge in [-0.1, -0.05) is 0 Å². The van der Waals surface area contributed by atoms with Gasteiger partial charge in [0.15, 0.2) is 0 Å². The maximum atomic E-state index is 8.84. The van der Waals surface area contributed by atoms with Crippen molar-refractivity contribution in [3.63, 3.8) is 0 Å². The quantitative estimate of drug-likeness (QED) is 0.607. The number of methoxy groups -OCH3 is 1. The first-order valence-corrected chi connectivity index (χ1v) is 3.90. The molecule has 0 heterocycles. The molecule has 0 aliphatic rings. The highest BCUT2D eigenvalue weighted by Gasteiger charge is 2.30. The van der Waals surface area contributed by atoms with E-state index >= 15 is 0 Å². The predicted molar refractivity (Wildman–Crippen MR) is 45.6 cm³/mol. The number of nitriles is 1. The van der Waals surface area contributed by atoms with Crippen molar-refractivity contribution in [2.24, 2.45) is 0 Å². The molecule has 0 aromatic rings. The maximum Gasteiger partial charge on any atom is 0.130 e. The van der Waals surface area contributed by atoms with Gasteiger partial charge in [-0.05, 0) is 13.8 Å². The Bertz CT molecular complexity index is 167. The minimum atomic E-state index is -0.725. The van der Waals surface area contributed by atoms with Crippen LogP contribution in [0, 0.1) is 11.3 Å². The SMILES string of the molecule is COC(C)C(C)(C#N)NCCO. The summed E-state index contributed by atoms with van der Waals surface area (Å²) in [5.74, 6) is 0. The third-order valence-electron chi connectivity index (χ3n) is 2.00. The molecule has 0 amide bonds. The van der Waals surface area contributed by atoms with Gasteiger partial charge >= 0.3 is 0 Å². The van der Waals surface area contributed by atoms with E-state index in [-0.39, 0.29) is 12.7 Å². The van der Waals surface area contributed by atoms with Gasteiger partial charge in [-0.15, -0.1) is 0 Å². The molecule has 0 saturated heterocycles. The summed E-state index contributed by atoms with van der Waals surface area (Å²) >= 11 is 0. The molecule has 0 radical (unpaired) electrons. The van der Waals surface area contributed by atoms with E-state index in [9.17, 15) is 0 Å². The summed E-state index contributed by atoms with van der Waals surface area (Å²) in [4.78, 5) is 0. The van der Waals surface area contributed by atoms with Gasteiger partial charge in [-0.2, -0.15) is 5.26 Å². The Labute approximate surface area is 73.1 Å². The van der Waals surface area contributed by atoms with Gasteiger partial charge in [0, 0.05) is 13.7 Å². The van der Waals surface area contributed by atoms with E-state index < -0.39 is 5.54 Å². The van der Waals surface area contributed by atoms with Gasteiger partial charge < -0.3 is 9.84 Å². The zero-order valence-electron chi connectivity index (χ0n) is 7.79. The van der Waals surface area contributed by atoms with E-state index in [1.165, 1.54) is 0 Å². The van der Waals surface area contributed by atoms with Gasteiger partial charge in [-0.25, -0.2) is 0 Å². The lowest BCUT2D eigenvalue weighted by Crippen LogP contribution is -2.51. The van der Waals surface area contributed by atoms with E-state index in [0.717, 1.165) is 0 Å². The summed E-state index contributed by atoms with van der Waals surface area (Å²) in [5, 5.41) is 20.3. The van der Waals surface area contributed by atoms with Crippen LogP contribution in [-0.4, -0.2) is 37.0 Å². The van der Waals surface area contributed by atoms with Crippen molar-refractivity contribution in [3.05, 3.63) is 0 Å². The Morgan fingerprint density at radius 1 is 1.75 bits per heavy atom. The number of nitrogens with one attached hydrogen (secondary N) is 1. The molecule has 0 spiro atoms. The highest BCUT2D eigenvalue weighted by Crippen LogP contribution is 2.10. The molecule has 2 N–H and O–H groups in total. The van der Waals surface area contributed by atoms with Crippen LogP contribution in [0.15, 0.2) is 0 Å². The van der Waals surface area contributed by atoms with Gasteiger partial charge in [-0.3, -0.25) is 5.32 Å². The smallest absolute Gasteiger partial charge is 0.130 e. The molecule has 2 atom stereocenters. The van der Waals surface area contributed by atoms with Gasteiger partial charge in [0.1, 0.15) is 5.54 Å². The first-order chi connectivity index (χ1) is 5.60. The molecule has 0 rings (SSSR count). The second-order valence-electron chi connectivity index (χ2n) is 2.84. The summed E-state index contributed by atoms with van der Waals surface area (Å²) in [6, 6.07) is 2.12. The second-order valence-corrected chi connectivity index (χ2v) is 2.84. The maximum absolute atomic E-state index is 8.84. The fourth-order valence-electron chi connectivity index (χ4n) is 0.825. The average molecular weight is 172 g/mol. The zero-order valence-corrected chi connectivity index (χ0v) is 7.79. The number of aliphatic hydroxyl groups excluding tert-OH is 1. The fourth-order valence-corrected chi connectivity index (χ4v) is 0.825. The third-order valence-corrected chi connectivity index (χ3v) is 2.00. The highest BCUT2D eigenvalue weighted by molar-refractivity contribution is 5.07. The lowest BCUT2D eigenvalue weighted by molar-refractivity contribution is 0.0605. The van der Waals surface area contributed by atoms with E-state index in [0.29, 0.717) is 6.54 Å². The molecule has 4 heteroatoms. The Kier molecular flexibility index (Phi) is 4.83. The summed E-state index contributed by atoms with van der Waals surface area (Å²) in [5.41, 5.74) is -0.725. The fraction of sp³-hybridized carbons (Fsp3) is 0.875. The molecule has 0 aromatic heterocycles. The van der Waals surface area contributed by atoms with Crippen LogP contribution in [0.2, 0.25) is 0 Å². The van der Waals surface area contributed by atoms with Crippen molar-refractivity contribution in [1.82, 2.24) is 5.32 Å². The van der Waals surface area contributed by atoms with Crippen molar-refractivity contribution >= 4 is 0 Å². The normalized spacial score (nSPS) is 17.9. The molecular formula is C8H16N2O2.